The molecule has 1 atom stereocenters. The van der Waals surface area contributed by atoms with Gasteiger partial charge in [-0.25, -0.2) is 0 Å². The second-order valence-electron chi connectivity index (χ2n) is 4.70. The predicted octanol–water partition coefficient (Wildman–Crippen LogP) is 3.78. The summed E-state index contributed by atoms with van der Waals surface area (Å²) in [4.78, 5) is 4.15. The molecule has 0 aliphatic carbocycles. The molecule has 2 heterocycles. The molecule has 0 spiro atoms. The molecule has 0 radical (unpaired) electrons. The van der Waals surface area contributed by atoms with E-state index in [-0.39, 0.29) is 0 Å². The molecular formula is C14H20N4S. The van der Waals surface area contributed by atoms with Crippen molar-refractivity contribution in [3.8, 4) is 11.1 Å². The number of unbranched alkanes of at least 4 members (excludes halogenated alkanes) is 1. The second kappa shape index (κ2) is 6.52. The Kier molecular flexibility index (Phi) is 4.74. The fraction of sp³-hybridized carbons (Fsp3) is 0.429. The molecule has 0 aromatic carbocycles. The molecule has 1 unspecified atom stereocenters. The van der Waals surface area contributed by atoms with Gasteiger partial charge in [0.25, 0.3) is 0 Å². The Labute approximate surface area is 118 Å². The van der Waals surface area contributed by atoms with Crippen molar-refractivity contribution in [3.05, 3.63) is 24.5 Å². The van der Waals surface area contributed by atoms with Crippen molar-refractivity contribution in [2.24, 2.45) is 0 Å². The molecule has 2 aromatic rings. The van der Waals surface area contributed by atoms with Gasteiger partial charge >= 0.3 is 0 Å². The van der Waals surface area contributed by atoms with Crippen LogP contribution in [0.25, 0.3) is 11.1 Å². The van der Waals surface area contributed by atoms with Gasteiger partial charge in [0.15, 0.2) is 0 Å². The number of anilines is 2. The number of nitrogens with two attached hydrogens (primary N) is 1. The lowest BCUT2D eigenvalue weighted by Gasteiger charge is -2.14. The van der Waals surface area contributed by atoms with E-state index in [4.69, 9.17) is 5.73 Å². The first kappa shape index (κ1) is 13.8. The SMILES string of the molecule is CCCCC(C)Nc1snc(N)c1-c1cccnc1. The monoisotopic (exact) mass is 276 g/mol. The topological polar surface area (TPSA) is 63.8 Å². The molecule has 2 rings (SSSR count). The molecule has 102 valence electrons. The molecule has 0 amide bonds. The zero-order chi connectivity index (χ0) is 13.7. The summed E-state index contributed by atoms with van der Waals surface area (Å²) in [5.41, 5.74) is 7.97. The molecule has 3 N–H and O–H groups in total. The van der Waals surface area contributed by atoms with Crippen molar-refractivity contribution in [3.63, 3.8) is 0 Å². The highest BCUT2D eigenvalue weighted by molar-refractivity contribution is 7.11. The molecule has 0 aliphatic heterocycles. The Morgan fingerprint density at radius 1 is 1.47 bits per heavy atom. The number of nitrogens with one attached hydrogen (secondary N) is 1. The second-order valence-corrected chi connectivity index (χ2v) is 5.47. The van der Waals surface area contributed by atoms with E-state index in [0.29, 0.717) is 11.9 Å². The first-order valence-electron chi connectivity index (χ1n) is 6.64. The van der Waals surface area contributed by atoms with Gasteiger partial charge in [0.1, 0.15) is 10.8 Å². The lowest BCUT2D eigenvalue weighted by atomic mass is 10.1. The van der Waals surface area contributed by atoms with E-state index in [1.807, 2.05) is 18.3 Å². The average Bonchev–Trinajstić information content (AvgIpc) is 2.78. The first-order valence-corrected chi connectivity index (χ1v) is 7.41. The van der Waals surface area contributed by atoms with Crippen molar-refractivity contribution >= 4 is 22.4 Å². The normalized spacial score (nSPS) is 12.3. The fourth-order valence-corrected chi connectivity index (χ4v) is 2.85. The van der Waals surface area contributed by atoms with Crippen molar-refractivity contribution in [1.29, 1.82) is 0 Å². The number of pyridine rings is 1. The third-order valence-corrected chi connectivity index (χ3v) is 3.83. The maximum atomic E-state index is 5.98. The Bertz CT molecular complexity index is 509. The average molecular weight is 276 g/mol. The maximum absolute atomic E-state index is 5.98. The van der Waals surface area contributed by atoms with Crippen LogP contribution in [0.4, 0.5) is 10.8 Å². The van der Waals surface area contributed by atoms with Crippen LogP contribution in [-0.2, 0) is 0 Å². The van der Waals surface area contributed by atoms with Crippen LogP contribution < -0.4 is 11.1 Å². The summed E-state index contributed by atoms with van der Waals surface area (Å²) in [6.45, 7) is 4.40. The van der Waals surface area contributed by atoms with Gasteiger partial charge in [-0.3, -0.25) is 4.98 Å². The minimum atomic E-state index is 0.426. The summed E-state index contributed by atoms with van der Waals surface area (Å²) >= 11 is 1.42. The van der Waals surface area contributed by atoms with Gasteiger partial charge in [0.05, 0.1) is 5.56 Å². The van der Waals surface area contributed by atoms with Gasteiger partial charge in [-0.2, -0.15) is 4.37 Å². The largest absolute Gasteiger partial charge is 0.382 e. The fourth-order valence-electron chi connectivity index (χ4n) is 2.00. The Hall–Kier alpha value is -1.62. The van der Waals surface area contributed by atoms with Crippen molar-refractivity contribution < 1.29 is 0 Å². The van der Waals surface area contributed by atoms with Crippen LogP contribution in [0.2, 0.25) is 0 Å². The number of nitrogens with zero attached hydrogens (tertiary/aromatic N) is 2. The van der Waals surface area contributed by atoms with Gasteiger partial charge < -0.3 is 11.1 Å². The number of aromatic nitrogens is 2. The van der Waals surface area contributed by atoms with E-state index in [2.05, 4.69) is 28.5 Å². The van der Waals surface area contributed by atoms with Crippen LogP contribution in [0.3, 0.4) is 0 Å². The predicted molar refractivity (Wildman–Crippen MR) is 82.4 cm³/mol. The Morgan fingerprint density at radius 3 is 3.00 bits per heavy atom. The molecule has 0 saturated heterocycles. The summed E-state index contributed by atoms with van der Waals surface area (Å²) in [5.74, 6) is 0.572. The highest BCUT2D eigenvalue weighted by Gasteiger charge is 2.15. The quantitative estimate of drug-likeness (QED) is 0.842. The summed E-state index contributed by atoms with van der Waals surface area (Å²) in [5, 5.41) is 4.55. The van der Waals surface area contributed by atoms with E-state index in [1.54, 1.807) is 6.20 Å². The van der Waals surface area contributed by atoms with E-state index in [1.165, 1.54) is 24.4 Å². The minimum absolute atomic E-state index is 0.426. The minimum Gasteiger partial charge on any atom is -0.382 e. The Balaban J connectivity index is 2.19. The molecule has 19 heavy (non-hydrogen) atoms. The van der Waals surface area contributed by atoms with Crippen LogP contribution >= 0.6 is 11.5 Å². The van der Waals surface area contributed by atoms with Crippen molar-refractivity contribution in [2.75, 3.05) is 11.1 Å². The number of hydrogen-bond acceptors (Lipinski definition) is 5. The summed E-state index contributed by atoms with van der Waals surface area (Å²) in [6, 6.07) is 4.35. The van der Waals surface area contributed by atoms with Crippen molar-refractivity contribution in [2.45, 2.75) is 39.2 Å². The maximum Gasteiger partial charge on any atom is 0.147 e. The highest BCUT2D eigenvalue weighted by Crippen LogP contribution is 2.36. The van der Waals surface area contributed by atoms with E-state index in [9.17, 15) is 0 Å². The molecular weight excluding hydrogens is 256 g/mol. The molecule has 0 fully saturated rings. The molecule has 0 aliphatic rings. The van der Waals surface area contributed by atoms with E-state index >= 15 is 0 Å². The zero-order valence-corrected chi connectivity index (χ0v) is 12.2. The van der Waals surface area contributed by atoms with Gasteiger partial charge in [-0.15, -0.1) is 0 Å². The Morgan fingerprint density at radius 2 is 2.32 bits per heavy atom. The van der Waals surface area contributed by atoms with Crippen LogP contribution in [0.15, 0.2) is 24.5 Å². The smallest absolute Gasteiger partial charge is 0.147 e. The highest BCUT2D eigenvalue weighted by atomic mass is 32.1. The van der Waals surface area contributed by atoms with E-state index < -0.39 is 0 Å². The van der Waals surface area contributed by atoms with Gasteiger partial charge in [0, 0.05) is 24.0 Å². The lowest BCUT2D eigenvalue weighted by Crippen LogP contribution is -2.14. The van der Waals surface area contributed by atoms with Gasteiger partial charge in [-0.1, -0.05) is 25.8 Å². The standard InChI is InChI=1S/C14H20N4S/c1-3-4-6-10(2)17-14-12(13(15)18-19-14)11-7-5-8-16-9-11/h5,7-10,17H,3-4,6H2,1-2H3,(H2,15,18). The van der Waals surface area contributed by atoms with Crippen LogP contribution in [-0.4, -0.2) is 15.4 Å². The summed E-state index contributed by atoms with van der Waals surface area (Å²) in [6.07, 6.45) is 7.18. The van der Waals surface area contributed by atoms with Crippen molar-refractivity contribution in [1.82, 2.24) is 9.36 Å². The summed E-state index contributed by atoms with van der Waals surface area (Å²) < 4.78 is 4.26. The van der Waals surface area contributed by atoms with Crippen LogP contribution in [0.5, 0.6) is 0 Å². The van der Waals surface area contributed by atoms with Crippen LogP contribution in [0, 0.1) is 0 Å². The number of rotatable bonds is 6. The molecule has 0 saturated carbocycles. The molecule has 2 aromatic heterocycles. The molecule has 5 heteroatoms. The van der Waals surface area contributed by atoms with Gasteiger partial charge in [-0.05, 0) is 30.9 Å². The summed E-state index contributed by atoms with van der Waals surface area (Å²) in [7, 11) is 0. The van der Waals surface area contributed by atoms with E-state index in [0.717, 1.165) is 22.5 Å². The molecule has 4 nitrogen and oxygen atoms in total. The molecule has 0 bridgehead atoms. The number of nitrogen functional groups attached to an aromatic ring is 1. The number of hydrogen-bond donors (Lipinski definition) is 2. The lowest BCUT2D eigenvalue weighted by molar-refractivity contribution is 0.646. The third-order valence-electron chi connectivity index (χ3n) is 3.04. The first-order chi connectivity index (χ1) is 9.22. The third kappa shape index (κ3) is 3.44. The van der Waals surface area contributed by atoms with Crippen LogP contribution in [0.1, 0.15) is 33.1 Å². The zero-order valence-electron chi connectivity index (χ0n) is 11.4. The van der Waals surface area contributed by atoms with Gasteiger partial charge in [0.2, 0.25) is 0 Å².